The molecular weight excluding hydrogens is 374 g/mol. The third-order valence-corrected chi connectivity index (χ3v) is 6.27. The Morgan fingerprint density at radius 1 is 1.07 bits per heavy atom. The topological polar surface area (TPSA) is 85.9 Å². The van der Waals surface area contributed by atoms with Crippen LogP contribution in [0.15, 0.2) is 17.3 Å². The molecule has 5 N–H and O–H groups in total. The Balaban J connectivity index is 2.18. The summed E-state index contributed by atoms with van der Waals surface area (Å²) in [6, 6.07) is 0. The number of nitrogens with one attached hydrogen (secondary N) is 2. The second-order valence-electron chi connectivity index (χ2n) is 8.99. The van der Waals surface area contributed by atoms with Crippen molar-refractivity contribution in [3.63, 3.8) is 0 Å². The fourth-order valence-electron chi connectivity index (χ4n) is 4.79. The summed E-state index contributed by atoms with van der Waals surface area (Å²) in [6.07, 6.45) is 16.9. The van der Waals surface area contributed by atoms with Crippen LogP contribution >= 0.6 is 0 Å². The van der Waals surface area contributed by atoms with Crippen LogP contribution in [0.5, 0.6) is 0 Å². The predicted molar refractivity (Wildman–Crippen MR) is 130 cm³/mol. The van der Waals surface area contributed by atoms with Crippen molar-refractivity contribution in [3.8, 4) is 0 Å². The molecule has 0 saturated heterocycles. The number of allylic oxidation sites excluding steroid dienone is 1. The van der Waals surface area contributed by atoms with Gasteiger partial charge in [-0.2, -0.15) is 0 Å². The molecule has 0 bridgehead atoms. The summed E-state index contributed by atoms with van der Waals surface area (Å²) in [5, 5.41) is 17.3. The number of nitrogens with two attached hydrogens (primary N) is 1. The van der Waals surface area contributed by atoms with Gasteiger partial charge in [0.1, 0.15) is 6.23 Å². The second kappa shape index (κ2) is 16.7. The fraction of sp³-hybridized carbons (Fsp3) is 0.875. The maximum atomic E-state index is 10.5. The average Bonchev–Trinajstić information content (AvgIpc) is 3.16. The fourth-order valence-corrected chi connectivity index (χ4v) is 4.79. The van der Waals surface area contributed by atoms with Crippen LogP contribution in [0.3, 0.4) is 0 Å². The number of aliphatic hydroxyl groups excluding tert-OH is 1. The first kappa shape index (κ1) is 27.1. The van der Waals surface area contributed by atoms with Crippen molar-refractivity contribution in [1.82, 2.24) is 15.5 Å². The van der Waals surface area contributed by atoms with Gasteiger partial charge in [0.15, 0.2) is 0 Å². The van der Waals surface area contributed by atoms with E-state index < -0.39 is 0 Å². The zero-order valence-electron chi connectivity index (χ0n) is 19.9. The lowest BCUT2D eigenvalue weighted by atomic mass is 9.78. The largest absolute Gasteiger partial charge is 0.405 e. The minimum Gasteiger partial charge on any atom is -0.405 e. The molecule has 6 heteroatoms. The molecule has 0 aliphatic heterocycles. The summed E-state index contributed by atoms with van der Waals surface area (Å²) in [4.78, 5) is 6.88. The van der Waals surface area contributed by atoms with Crippen LogP contribution in [-0.4, -0.2) is 61.3 Å². The van der Waals surface area contributed by atoms with Gasteiger partial charge < -0.3 is 15.7 Å². The predicted octanol–water partition coefficient (Wildman–Crippen LogP) is 3.62. The molecule has 1 aliphatic carbocycles. The van der Waals surface area contributed by atoms with E-state index >= 15 is 0 Å². The number of aliphatic imine (C=N–C) groups is 1. The van der Waals surface area contributed by atoms with E-state index in [1.807, 2.05) is 0 Å². The Kier molecular flexibility index (Phi) is 15.1. The number of rotatable bonds is 18. The van der Waals surface area contributed by atoms with Gasteiger partial charge in [0, 0.05) is 19.3 Å². The molecule has 1 aliphatic rings. The minimum absolute atomic E-state index is 0.103. The van der Waals surface area contributed by atoms with Crippen molar-refractivity contribution in [2.45, 2.75) is 97.4 Å². The van der Waals surface area contributed by atoms with Crippen LogP contribution < -0.4 is 16.4 Å². The highest BCUT2D eigenvalue weighted by Crippen LogP contribution is 2.45. The molecule has 0 amide bonds. The number of hydrogen-bond acceptors (Lipinski definition) is 6. The van der Waals surface area contributed by atoms with Gasteiger partial charge in [-0.25, -0.2) is 0 Å². The number of hydrogen-bond donors (Lipinski definition) is 4. The first-order valence-electron chi connectivity index (χ1n) is 12.3. The lowest BCUT2D eigenvalue weighted by molar-refractivity contribution is 0.0666. The Labute approximate surface area is 185 Å². The zero-order valence-corrected chi connectivity index (χ0v) is 19.9. The molecule has 0 aromatic rings. The molecule has 1 rings (SSSR count). The zero-order chi connectivity index (χ0) is 22.1. The standard InChI is InChI=1S/C24H49N5O/c1-4-11-24(12-6-7-13-24)21-23(30)28-15-8-9-19-29(18-5-2)20-17-27-22(3)26-16-10-14-25/h10,14,16,22-23,27-28,30H,4-9,11-13,15,17-21,25H2,1-3H3/b14-10-,26-16-. The highest BCUT2D eigenvalue weighted by atomic mass is 16.3. The molecule has 1 fully saturated rings. The molecule has 6 nitrogen and oxygen atoms in total. The van der Waals surface area contributed by atoms with Crippen molar-refractivity contribution in [1.29, 1.82) is 0 Å². The molecular formula is C24H49N5O. The van der Waals surface area contributed by atoms with Crippen LogP contribution in [0.1, 0.15) is 85.0 Å². The molecule has 176 valence electrons. The maximum Gasteiger partial charge on any atom is 0.105 e. The van der Waals surface area contributed by atoms with Gasteiger partial charge in [-0.15, -0.1) is 0 Å². The van der Waals surface area contributed by atoms with E-state index in [1.165, 1.54) is 51.1 Å². The summed E-state index contributed by atoms with van der Waals surface area (Å²) in [5.41, 5.74) is 5.71. The Morgan fingerprint density at radius 3 is 2.50 bits per heavy atom. The van der Waals surface area contributed by atoms with Crippen molar-refractivity contribution in [3.05, 3.63) is 12.3 Å². The van der Waals surface area contributed by atoms with E-state index in [4.69, 9.17) is 5.73 Å². The summed E-state index contributed by atoms with van der Waals surface area (Å²) in [5.74, 6) is 0. The molecule has 0 aromatic heterocycles. The monoisotopic (exact) mass is 423 g/mol. The first-order chi connectivity index (χ1) is 14.5. The maximum absolute atomic E-state index is 10.5. The highest BCUT2D eigenvalue weighted by molar-refractivity contribution is 5.70. The molecule has 2 unspecified atom stereocenters. The van der Waals surface area contributed by atoms with Gasteiger partial charge in [-0.3, -0.25) is 15.6 Å². The van der Waals surface area contributed by atoms with Gasteiger partial charge in [-0.05, 0) is 89.2 Å². The Bertz CT molecular complexity index is 463. The molecule has 0 radical (unpaired) electrons. The lowest BCUT2D eigenvalue weighted by Gasteiger charge is -2.31. The van der Waals surface area contributed by atoms with Crippen molar-refractivity contribution < 1.29 is 5.11 Å². The van der Waals surface area contributed by atoms with Crippen LogP contribution in [-0.2, 0) is 0 Å². The van der Waals surface area contributed by atoms with E-state index in [0.717, 1.165) is 52.0 Å². The third kappa shape index (κ3) is 12.0. The van der Waals surface area contributed by atoms with Gasteiger partial charge in [0.25, 0.3) is 0 Å². The van der Waals surface area contributed by atoms with Crippen molar-refractivity contribution in [2.75, 3.05) is 32.7 Å². The van der Waals surface area contributed by atoms with E-state index in [1.54, 1.807) is 12.3 Å². The molecule has 0 heterocycles. The minimum atomic E-state index is -0.346. The van der Waals surface area contributed by atoms with E-state index in [9.17, 15) is 5.11 Å². The van der Waals surface area contributed by atoms with Crippen LogP contribution in [0.4, 0.5) is 0 Å². The van der Waals surface area contributed by atoms with Gasteiger partial charge in [-0.1, -0.05) is 33.1 Å². The summed E-state index contributed by atoms with van der Waals surface area (Å²) in [7, 11) is 0. The number of nitrogens with zero attached hydrogens (tertiary/aromatic N) is 2. The summed E-state index contributed by atoms with van der Waals surface area (Å²) >= 11 is 0. The van der Waals surface area contributed by atoms with Crippen LogP contribution in [0.2, 0.25) is 0 Å². The second-order valence-corrected chi connectivity index (χ2v) is 8.99. The highest BCUT2D eigenvalue weighted by Gasteiger charge is 2.34. The Hall–Kier alpha value is -0.950. The summed E-state index contributed by atoms with van der Waals surface area (Å²) in [6.45, 7) is 11.7. The van der Waals surface area contributed by atoms with Crippen molar-refractivity contribution in [2.24, 2.45) is 16.1 Å². The van der Waals surface area contributed by atoms with Crippen LogP contribution in [0, 0.1) is 5.41 Å². The van der Waals surface area contributed by atoms with Gasteiger partial charge in [0.2, 0.25) is 0 Å². The van der Waals surface area contributed by atoms with Crippen molar-refractivity contribution >= 4 is 6.21 Å². The molecule has 0 aromatic carbocycles. The van der Waals surface area contributed by atoms with Crippen LogP contribution in [0.25, 0.3) is 0 Å². The lowest BCUT2D eigenvalue weighted by Crippen LogP contribution is -2.37. The normalized spacial score (nSPS) is 18.7. The van der Waals surface area contributed by atoms with Gasteiger partial charge in [0.05, 0.1) is 6.17 Å². The summed E-state index contributed by atoms with van der Waals surface area (Å²) < 4.78 is 0. The molecule has 0 spiro atoms. The average molecular weight is 424 g/mol. The number of aliphatic hydroxyl groups is 1. The Morgan fingerprint density at radius 2 is 1.83 bits per heavy atom. The van der Waals surface area contributed by atoms with E-state index in [-0.39, 0.29) is 12.4 Å². The SMILES string of the molecule is CCCN(CCCCNC(O)CC1(CCC)CCCC1)CCNC(C)/N=C\C=C/N. The number of unbranched alkanes of at least 4 members (excludes halogenated alkanes) is 1. The molecule has 1 saturated carbocycles. The van der Waals surface area contributed by atoms with E-state index in [0.29, 0.717) is 5.41 Å². The molecule has 30 heavy (non-hydrogen) atoms. The quantitative estimate of drug-likeness (QED) is 0.154. The first-order valence-corrected chi connectivity index (χ1v) is 12.3. The smallest absolute Gasteiger partial charge is 0.105 e. The van der Waals surface area contributed by atoms with Gasteiger partial charge >= 0.3 is 0 Å². The third-order valence-electron chi connectivity index (χ3n) is 6.27. The molecule has 2 atom stereocenters. The van der Waals surface area contributed by atoms with E-state index in [2.05, 4.69) is 41.3 Å².